The molecule has 9 nitrogen and oxygen atoms in total. The maximum atomic E-state index is 13.0. The molecule has 0 aliphatic carbocycles. The van der Waals surface area contributed by atoms with Gasteiger partial charge in [-0.25, -0.2) is 0 Å². The van der Waals surface area contributed by atoms with Gasteiger partial charge in [-0.05, 0) is 24.8 Å². The first-order chi connectivity index (χ1) is 13.4. The fraction of sp³-hybridized carbons (Fsp3) is 0.632. The summed E-state index contributed by atoms with van der Waals surface area (Å²) in [4.78, 5) is 29.2. The molecule has 2 aromatic rings. The van der Waals surface area contributed by atoms with Gasteiger partial charge in [-0.15, -0.1) is 10.2 Å². The maximum Gasteiger partial charge on any atom is 0.272 e. The summed E-state index contributed by atoms with van der Waals surface area (Å²) in [6.07, 6.45) is 5.26. The molecule has 3 heterocycles. The van der Waals surface area contributed by atoms with Crippen molar-refractivity contribution in [2.75, 3.05) is 26.2 Å². The molecule has 152 valence electrons. The van der Waals surface area contributed by atoms with Crippen LogP contribution in [0.3, 0.4) is 0 Å². The molecule has 3 rings (SSSR count). The van der Waals surface area contributed by atoms with Crippen LogP contribution in [-0.2, 0) is 24.8 Å². The molecule has 0 unspecified atom stereocenters. The summed E-state index contributed by atoms with van der Waals surface area (Å²) in [5.41, 5.74) is 1.56. The van der Waals surface area contributed by atoms with Gasteiger partial charge in [0.1, 0.15) is 18.3 Å². The second-order valence-electron chi connectivity index (χ2n) is 7.72. The van der Waals surface area contributed by atoms with E-state index in [-0.39, 0.29) is 11.8 Å². The summed E-state index contributed by atoms with van der Waals surface area (Å²) < 4.78 is 3.47. The standard InChI is InChI=1S/C19H29N7O2/c1-15(2)11-16-12-17(23(3)22-16)19(28)26-7-4-6-25(9-10-26)18(27)5-8-24-13-20-21-14-24/h12-15H,4-11H2,1-3H3. The fourth-order valence-electron chi connectivity index (χ4n) is 3.50. The van der Waals surface area contributed by atoms with Crippen LogP contribution in [0, 0.1) is 5.92 Å². The predicted molar refractivity (Wildman–Crippen MR) is 103 cm³/mol. The van der Waals surface area contributed by atoms with Gasteiger partial charge in [0.2, 0.25) is 5.91 Å². The van der Waals surface area contributed by atoms with Crippen LogP contribution in [0.15, 0.2) is 18.7 Å². The van der Waals surface area contributed by atoms with E-state index >= 15 is 0 Å². The van der Waals surface area contributed by atoms with Crippen molar-refractivity contribution in [2.45, 2.75) is 39.7 Å². The number of rotatable bonds is 6. The zero-order chi connectivity index (χ0) is 20.1. The molecule has 9 heteroatoms. The van der Waals surface area contributed by atoms with Crippen LogP contribution in [0.5, 0.6) is 0 Å². The van der Waals surface area contributed by atoms with E-state index < -0.39 is 0 Å². The summed E-state index contributed by atoms with van der Waals surface area (Å²) in [5.74, 6) is 0.584. The van der Waals surface area contributed by atoms with Crippen molar-refractivity contribution in [3.8, 4) is 0 Å². The highest BCUT2D eigenvalue weighted by Gasteiger charge is 2.25. The normalized spacial score (nSPS) is 15.1. The minimum Gasteiger partial charge on any atom is -0.341 e. The Bertz CT molecular complexity index is 797. The predicted octanol–water partition coefficient (Wildman–Crippen LogP) is 0.975. The molecule has 2 amide bonds. The third kappa shape index (κ3) is 4.96. The molecule has 0 spiro atoms. The van der Waals surface area contributed by atoms with E-state index in [0.717, 1.165) is 18.5 Å². The second-order valence-corrected chi connectivity index (χ2v) is 7.72. The number of aryl methyl sites for hydroxylation is 2. The monoisotopic (exact) mass is 387 g/mol. The first-order valence-electron chi connectivity index (χ1n) is 9.86. The molecule has 0 bridgehead atoms. The number of carbonyl (C=O) groups excluding carboxylic acids is 2. The van der Waals surface area contributed by atoms with E-state index in [0.29, 0.717) is 50.8 Å². The van der Waals surface area contributed by atoms with Gasteiger partial charge in [0.25, 0.3) is 5.91 Å². The van der Waals surface area contributed by atoms with E-state index in [1.807, 2.05) is 22.9 Å². The molecule has 1 saturated heterocycles. The van der Waals surface area contributed by atoms with Crippen LogP contribution >= 0.6 is 0 Å². The number of hydrogen-bond donors (Lipinski definition) is 0. The molecule has 1 aliphatic heterocycles. The Labute approximate surface area is 165 Å². The topological polar surface area (TPSA) is 89.2 Å². The van der Waals surface area contributed by atoms with Crippen molar-refractivity contribution >= 4 is 11.8 Å². The highest BCUT2D eigenvalue weighted by molar-refractivity contribution is 5.92. The largest absolute Gasteiger partial charge is 0.341 e. The SMILES string of the molecule is CC(C)Cc1cc(C(=O)N2CCCN(C(=O)CCn3cnnc3)CC2)n(C)n1. The molecule has 28 heavy (non-hydrogen) atoms. The van der Waals surface area contributed by atoms with Crippen molar-refractivity contribution < 1.29 is 9.59 Å². The number of amides is 2. The summed E-state index contributed by atoms with van der Waals surface area (Å²) in [7, 11) is 1.82. The van der Waals surface area contributed by atoms with Gasteiger partial charge in [-0.3, -0.25) is 14.3 Å². The lowest BCUT2D eigenvalue weighted by Crippen LogP contribution is -2.38. The quantitative estimate of drug-likeness (QED) is 0.737. The zero-order valence-corrected chi connectivity index (χ0v) is 16.9. The molecular weight excluding hydrogens is 358 g/mol. The number of nitrogens with zero attached hydrogens (tertiary/aromatic N) is 7. The van der Waals surface area contributed by atoms with Gasteiger partial charge in [0.15, 0.2) is 0 Å². The first-order valence-corrected chi connectivity index (χ1v) is 9.86. The molecule has 1 fully saturated rings. The molecule has 0 aromatic carbocycles. The summed E-state index contributed by atoms with van der Waals surface area (Å²) >= 11 is 0. The molecule has 0 radical (unpaired) electrons. The maximum absolute atomic E-state index is 13.0. The van der Waals surface area contributed by atoms with Crippen LogP contribution < -0.4 is 0 Å². The van der Waals surface area contributed by atoms with Crippen LogP contribution in [-0.4, -0.2) is 72.3 Å². The first kappa shape index (κ1) is 20.0. The van der Waals surface area contributed by atoms with Crippen LogP contribution in [0.4, 0.5) is 0 Å². The van der Waals surface area contributed by atoms with Crippen LogP contribution in [0.1, 0.15) is 42.9 Å². The summed E-state index contributed by atoms with van der Waals surface area (Å²) in [6, 6.07) is 1.90. The van der Waals surface area contributed by atoms with Gasteiger partial charge < -0.3 is 14.4 Å². The van der Waals surface area contributed by atoms with Gasteiger partial charge in [0.05, 0.1) is 5.69 Å². The molecule has 1 aliphatic rings. The van der Waals surface area contributed by atoms with E-state index in [2.05, 4.69) is 29.1 Å². The Morgan fingerprint density at radius 3 is 2.46 bits per heavy atom. The lowest BCUT2D eigenvalue weighted by Gasteiger charge is -2.22. The lowest BCUT2D eigenvalue weighted by atomic mass is 10.1. The number of hydrogen-bond acceptors (Lipinski definition) is 5. The summed E-state index contributed by atoms with van der Waals surface area (Å²) in [6.45, 7) is 7.28. The third-order valence-electron chi connectivity index (χ3n) is 4.95. The molecular formula is C19H29N7O2. The Kier molecular flexibility index (Phi) is 6.43. The molecule has 0 N–H and O–H groups in total. The van der Waals surface area contributed by atoms with E-state index in [1.54, 1.807) is 21.9 Å². The fourth-order valence-corrected chi connectivity index (χ4v) is 3.50. The number of aromatic nitrogens is 5. The minimum atomic E-state index is -0.0104. The molecule has 0 atom stereocenters. The molecule has 0 saturated carbocycles. The molecule has 2 aromatic heterocycles. The van der Waals surface area contributed by atoms with Crippen LogP contribution in [0.25, 0.3) is 0 Å². The van der Waals surface area contributed by atoms with Crippen LogP contribution in [0.2, 0.25) is 0 Å². The van der Waals surface area contributed by atoms with Crippen molar-refractivity contribution in [3.63, 3.8) is 0 Å². The Hall–Kier alpha value is -2.71. The zero-order valence-electron chi connectivity index (χ0n) is 16.9. The van der Waals surface area contributed by atoms with E-state index in [1.165, 1.54) is 0 Å². The number of carbonyl (C=O) groups is 2. The highest BCUT2D eigenvalue weighted by atomic mass is 16.2. The average molecular weight is 387 g/mol. The van der Waals surface area contributed by atoms with Gasteiger partial charge in [0, 0.05) is 46.2 Å². The average Bonchev–Trinajstić information content (AvgIpc) is 3.21. The van der Waals surface area contributed by atoms with Gasteiger partial charge in [-0.2, -0.15) is 5.10 Å². The summed E-state index contributed by atoms with van der Waals surface area (Å²) in [5, 5.41) is 12.0. The van der Waals surface area contributed by atoms with Crippen molar-refractivity contribution in [3.05, 3.63) is 30.1 Å². The lowest BCUT2D eigenvalue weighted by molar-refractivity contribution is -0.131. The Balaban J connectivity index is 1.56. The van der Waals surface area contributed by atoms with E-state index in [4.69, 9.17) is 0 Å². The second kappa shape index (κ2) is 8.99. The highest BCUT2D eigenvalue weighted by Crippen LogP contribution is 2.13. The Morgan fingerprint density at radius 2 is 1.75 bits per heavy atom. The van der Waals surface area contributed by atoms with Crippen molar-refractivity contribution in [1.29, 1.82) is 0 Å². The van der Waals surface area contributed by atoms with Crippen molar-refractivity contribution in [1.82, 2.24) is 34.3 Å². The van der Waals surface area contributed by atoms with E-state index in [9.17, 15) is 9.59 Å². The smallest absolute Gasteiger partial charge is 0.272 e. The third-order valence-corrected chi connectivity index (χ3v) is 4.95. The Morgan fingerprint density at radius 1 is 1.07 bits per heavy atom. The van der Waals surface area contributed by atoms with Gasteiger partial charge >= 0.3 is 0 Å². The van der Waals surface area contributed by atoms with Gasteiger partial charge in [-0.1, -0.05) is 13.8 Å². The van der Waals surface area contributed by atoms with Crippen molar-refractivity contribution in [2.24, 2.45) is 13.0 Å². The minimum absolute atomic E-state index is 0.0104.